The van der Waals surface area contributed by atoms with Gasteiger partial charge in [0.15, 0.2) is 0 Å². The van der Waals surface area contributed by atoms with Gasteiger partial charge in [0.2, 0.25) is 5.95 Å². The summed E-state index contributed by atoms with van der Waals surface area (Å²) in [6, 6.07) is 2.13. The maximum absolute atomic E-state index is 11.2. The van der Waals surface area contributed by atoms with Gasteiger partial charge in [-0.2, -0.15) is 15.1 Å². The molecule has 0 aliphatic carbocycles. The number of piperidine rings is 1. The molecule has 0 unspecified atom stereocenters. The summed E-state index contributed by atoms with van der Waals surface area (Å²) in [7, 11) is -3.98. The van der Waals surface area contributed by atoms with E-state index in [0.717, 1.165) is 44.8 Å². The van der Waals surface area contributed by atoms with Crippen LogP contribution in [0.4, 0.5) is 17.6 Å². The van der Waals surface area contributed by atoms with E-state index in [1.165, 1.54) is 0 Å². The Morgan fingerprint density at radius 1 is 1.25 bits per heavy atom. The molecule has 1 aromatic rings. The van der Waals surface area contributed by atoms with Crippen LogP contribution >= 0.6 is 7.60 Å². The van der Waals surface area contributed by atoms with E-state index in [1.54, 1.807) is 6.21 Å². The Morgan fingerprint density at radius 3 is 2.67 bits per heavy atom. The Balaban J connectivity index is 1.63. The van der Waals surface area contributed by atoms with E-state index in [2.05, 4.69) is 40.5 Å². The lowest BCUT2D eigenvalue weighted by atomic mass is 10.1. The topological polar surface area (TPSA) is 194 Å². The number of morpholine rings is 1. The molecule has 0 spiro atoms. The number of aliphatic hydroxyl groups is 1. The monoisotopic (exact) mass is 527 g/mol. The lowest BCUT2D eigenvalue weighted by Crippen LogP contribution is -2.40. The second-order valence-corrected chi connectivity index (χ2v) is 10.5. The second kappa shape index (κ2) is 14.4. The van der Waals surface area contributed by atoms with Gasteiger partial charge in [0, 0.05) is 64.2 Å². The third-order valence-corrected chi connectivity index (χ3v) is 6.76. The number of likely N-dealkylation sites (tertiary alicyclic amines) is 1. The molecule has 2 fully saturated rings. The van der Waals surface area contributed by atoms with Crippen LogP contribution in [0.2, 0.25) is 0 Å². The summed E-state index contributed by atoms with van der Waals surface area (Å²) >= 11 is 0. The molecular formula is C21H38N9O5P. The zero-order chi connectivity index (χ0) is 25.8. The van der Waals surface area contributed by atoms with Gasteiger partial charge >= 0.3 is 7.60 Å². The van der Waals surface area contributed by atoms with Crippen LogP contribution < -0.4 is 21.4 Å². The molecule has 0 bridgehead atoms. The zero-order valence-corrected chi connectivity index (χ0v) is 21.4. The van der Waals surface area contributed by atoms with Gasteiger partial charge in [0.05, 0.1) is 31.6 Å². The summed E-state index contributed by atoms with van der Waals surface area (Å²) in [6.45, 7) is 5.53. The van der Waals surface area contributed by atoms with E-state index in [4.69, 9.17) is 25.5 Å². The number of rotatable bonds is 13. The molecule has 202 valence electrons. The van der Waals surface area contributed by atoms with Crippen LogP contribution in [0, 0.1) is 0 Å². The van der Waals surface area contributed by atoms with Crippen molar-refractivity contribution in [3.05, 3.63) is 6.07 Å². The summed E-state index contributed by atoms with van der Waals surface area (Å²) < 4.78 is 16.6. The number of ether oxygens (including phenoxy) is 1. The first-order valence-electron chi connectivity index (χ1n) is 12.2. The highest BCUT2D eigenvalue weighted by Gasteiger charge is 2.23. The van der Waals surface area contributed by atoms with Crippen LogP contribution in [-0.4, -0.2) is 120 Å². The summed E-state index contributed by atoms with van der Waals surface area (Å²) in [5.41, 5.74) is 0.533. The molecule has 36 heavy (non-hydrogen) atoms. The number of hydrogen-bond acceptors (Lipinski definition) is 12. The number of nitrogens with two attached hydrogens (primary N) is 1. The number of nitrogens with zero attached hydrogens (tertiary/aromatic N) is 6. The average molecular weight is 528 g/mol. The number of anilines is 3. The van der Waals surface area contributed by atoms with Gasteiger partial charge < -0.3 is 45.9 Å². The predicted molar refractivity (Wildman–Crippen MR) is 140 cm³/mol. The SMILES string of the molecule is NN=C(C=NCCCO)CNc1nc(NC2CCN(CCP(=O)(O)O)CC2)cc(N2CCOCC2)n1. The first-order valence-corrected chi connectivity index (χ1v) is 14.0. The highest BCUT2D eigenvalue weighted by Crippen LogP contribution is 2.34. The van der Waals surface area contributed by atoms with Crippen molar-refractivity contribution in [3.8, 4) is 0 Å². The van der Waals surface area contributed by atoms with Gasteiger partial charge in [-0.1, -0.05) is 0 Å². The van der Waals surface area contributed by atoms with E-state index in [9.17, 15) is 4.57 Å². The minimum absolute atomic E-state index is 0.0784. The Morgan fingerprint density at radius 2 is 2.00 bits per heavy atom. The van der Waals surface area contributed by atoms with Crippen molar-refractivity contribution in [3.63, 3.8) is 0 Å². The van der Waals surface area contributed by atoms with E-state index in [0.29, 0.717) is 56.7 Å². The molecule has 0 amide bonds. The van der Waals surface area contributed by atoms with Crippen molar-refractivity contribution in [2.75, 3.05) is 87.3 Å². The molecular weight excluding hydrogens is 489 g/mol. The molecule has 15 heteroatoms. The standard InChI is InChI=1S/C21H38N9O5P/c22-28-18(15-23-4-1-10-31)16-24-21-26-19(14-20(27-21)30-7-11-35-12-8-30)25-17-2-5-29(6-3-17)9-13-36(32,33)34/h14-15,17,31H,1-13,16,22H2,(H2,32,33,34)(H2,24,25,26,27). The number of aliphatic imine (C=N–C) groups is 1. The summed E-state index contributed by atoms with van der Waals surface area (Å²) in [5.74, 6) is 7.42. The Labute approximate surface area is 211 Å². The highest BCUT2D eigenvalue weighted by atomic mass is 31.2. The molecule has 3 heterocycles. The Bertz CT molecular complexity index is 915. The summed E-state index contributed by atoms with van der Waals surface area (Å²) in [5, 5.41) is 19.3. The number of aromatic nitrogens is 2. The number of nitrogens with one attached hydrogen (secondary N) is 2. The first-order chi connectivity index (χ1) is 17.4. The van der Waals surface area contributed by atoms with Crippen LogP contribution in [-0.2, 0) is 9.30 Å². The Hall–Kier alpha value is -2.35. The maximum atomic E-state index is 11.2. The second-order valence-electron chi connectivity index (χ2n) is 8.77. The van der Waals surface area contributed by atoms with Crippen LogP contribution in [0.15, 0.2) is 16.2 Å². The molecule has 0 saturated carbocycles. The highest BCUT2D eigenvalue weighted by molar-refractivity contribution is 7.51. The molecule has 3 rings (SSSR count). The molecule has 1 aromatic heterocycles. The predicted octanol–water partition coefficient (Wildman–Crippen LogP) is -0.453. The van der Waals surface area contributed by atoms with Crippen LogP contribution in [0.5, 0.6) is 0 Å². The van der Waals surface area contributed by atoms with Gasteiger partial charge in [0.1, 0.15) is 11.6 Å². The molecule has 7 N–H and O–H groups in total. The average Bonchev–Trinajstić information content (AvgIpc) is 2.88. The fourth-order valence-electron chi connectivity index (χ4n) is 3.95. The van der Waals surface area contributed by atoms with Crippen molar-refractivity contribution >= 4 is 37.1 Å². The number of hydrogen-bond donors (Lipinski definition) is 6. The molecule has 0 aromatic carbocycles. The number of hydrazone groups is 1. The largest absolute Gasteiger partial charge is 0.396 e. The maximum Gasteiger partial charge on any atom is 0.326 e. The van der Waals surface area contributed by atoms with Crippen LogP contribution in [0.3, 0.4) is 0 Å². The smallest absolute Gasteiger partial charge is 0.326 e. The molecule has 2 saturated heterocycles. The van der Waals surface area contributed by atoms with Crippen molar-refractivity contribution in [2.24, 2.45) is 15.9 Å². The normalized spacial score (nSPS) is 18.6. The first kappa shape index (κ1) is 28.2. The van der Waals surface area contributed by atoms with Crippen LogP contribution in [0.25, 0.3) is 0 Å². The van der Waals surface area contributed by atoms with E-state index < -0.39 is 7.60 Å². The van der Waals surface area contributed by atoms with Crippen molar-refractivity contribution in [2.45, 2.75) is 25.3 Å². The van der Waals surface area contributed by atoms with E-state index in [-0.39, 0.29) is 18.8 Å². The molecule has 14 nitrogen and oxygen atoms in total. The molecule has 0 atom stereocenters. The van der Waals surface area contributed by atoms with Crippen molar-refractivity contribution < 1.29 is 24.2 Å². The van der Waals surface area contributed by atoms with Crippen molar-refractivity contribution in [1.82, 2.24) is 14.9 Å². The zero-order valence-electron chi connectivity index (χ0n) is 20.5. The third-order valence-electron chi connectivity index (χ3n) is 5.97. The third kappa shape index (κ3) is 9.96. The van der Waals surface area contributed by atoms with Gasteiger partial charge in [-0.25, -0.2) is 0 Å². The van der Waals surface area contributed by atoms with Gasteiger partial charge in [-0.15, -0.1) is 0 Å². The quantitative estimate of drug-likeness (QED) is 0.0637. The number of aliphatic hydroxyl groups excluding tert-OH is 1. The Kier molecular flexibility index (Phi) is 11.3. The molecule has 2 aliphatic rings. The van der Waals surface area contributed by atoms with Gasteiger partial charge in [0.25, 0.3) is 0 Å². The minimum atomic E-state index is -3.98. The van der Waals surface area contributed by atoms with E-state index in [1.807, 2.05) is 6.07 Å². The van der Waals surface area contributed by atoms with Crippen molar-refractivity contribution in [1.29, 1.82) is 0 Å². The summed E-state index contributed by atoms with van der Waals surface area (Å²) in [6.07, 6.45) is 3.72. The molecule has 0 radical (unpaired) electrons. The fourth-order valence-corrected chi connectivity index (χ4v) is 4.49. The molecule has 2 aliphatic heterocycles. The fraction of sp³-hybridized carbons (Fsp3) is 0.714. The van der Waals surface area contributed by atoms with Crippen LogP contribution in [0.1, 0.15) is 19.3 Å². The lowest BCUT2D eigenvalue weighted by molar-refractivity contribution is 0.122. The minimum Gasteiger partial charge on any atom is -0.396 e. The van der Waals surface area contributed by atoms with Gasteiger partial charge in [-0.05, 0) is 19.3 Å². The van der Waals surface area contributed by atoms with E-state index >= 15 is 0 Å². The summed E-state index contributed by atoms with van der Waals surface area (Å²) in [4.78, 5) is 36.0. The lowest BCUT2D eigenvalue weighted by Gasteiger charge is -2.33. The van der Waals surface area contributed by atoms with Gasteiger partial charge in [-0.3, -0.25) is 9.56 Å².